The van der Waals surface area contributed by atoms with Crippen molar-refractivity contribution in [3.8, 4) is 5.75 Å². The Bertz CT molecular complexity index is 413. The lowest BCUT2D eigenvalue weighted by atomic mass is 10.2. The fourth-order valence-corrected chi connectivity index (χ4v) is 1.65. The summed E-state index contributed by atoms with van der Waals surface area (Å²) in [6.45, 7) is 2.74. The number of benzene rings is 1. The van der Waals surface area contributed by atoms with Crippen LogP contribution in [0.4, 0.5) is 0 Å². The third kappa shape index (κ3) is 5.04. The largest absolute Gasteiger partial charge is 0.493 e. The van der Waals surface area contributed by atoms with Crippen LogP contribution in [-0.4, -0.2) is 17.7 Å². The van der Waals surface area contributed by atoms with Gasteiger partial charge in [0.25, 0.3) is 0 Å². The summed E-state index contributed by atoms with van der Waals surface area (Å²) in [7, 11) is 0. The molecular formula is C13H15BrO3. The molecule has 0 radical (unpaired) electrons. The molecule has 4 heteroatoms. The average Bonchev–Trinajstić information content (AvgIpc) is 2.29. The third-order valence-corrected chi connectivity index (χ3v) is 2.63. The maximum Gasteiger partial charge on any atom is 0.328 e. The van der Waals surface area contributed by atoms with Gasteiger partial charge in [-0.25, -0.2) is 4.79 Å². The zero-order chi connectivity index (χ0) is 12.7. The number of hydrogen-bond acceptors (Lipinski definition) is 2. The summed E-state index contributed by atoms with van der Waals surface area (Å²) in [5, 5.41) is 8.61. The standard InChI is InChI=1S/C13H15BrO3/c1-2-3-8-17-12-6-5-11(14)9-10(12)4-7-13(15)16/h4-7,9H,2-3,8H2,1H3,(H,15,16)/b7-4+. The monoisotopic (exact) mass is 298 g/mol. The Kier molecular flexibility index (Phi) is 5.77. The van der Waals surface area contributed by atoms with Crippen molar-refractivity contribution in [2.24, 2.45) is 0 Å². The molecule has 1 rings (SSSR count). The van der Waals surface area contributed by atoms with Gasteiger partial charge in [-0.2, -0.15) is 0 Å². The topological polar surface area (TPSA) is 46.5 Å². The van der Waals surface area contributed by atoms with Crippen molar-refractivity contribution >= 4 is 28.0 Å². The average molecular weight is 299 g/mol. The van der Waals surface area contributed by atoms with Crippen LogP contribution in [-0.2, 0) is 4.79 Å². The Labute approximate surface area is 109 Å². The molecule has 0 bridgehead atoms. The van der Waals surface area contributed by atoms with Crippen molar-refractivity contribution < 1.29 is 14.6 Å². The van der Waals surface area contributed by atoms with E-state index in [2.05, 4.69) is 22.9 Å². The molecule has 1 N–H and O–H groups in total. The molecule has 0 unspecified atom stereocenters. The van der Waals surface area contributed by atoms with Gasteiger partial charge in [-0.05, 0) is 30.7 Å². The minimum atomic E-state index is -0.968. The second-order valence-electron chi connectivity index (χ2n) is 3.56. The Morgan fingerprint density at radius 2 is 2.29 bits per heavy atom. The molecule has 0 saturated heterocycles. The lowest BCUT2D eigenvalue weighted by molar-refractivity contribution is -0.131. The second-order valence-corrected chi connectivity index (χ2v) is 4.47. The van der Waals surface area contributed by atoms with E-state index < -0.39 is 5.97 Å². The van der Waals surface area contributed by atoms with Crippen LogP contribution in [0.1, 0.15) is 25.3 Å². The van der Waals surface area contributed by atoms with E-state index in [9.17, 15) is 4.79 Å². The van der Waals surface area contributed by atoms with Crippen LogP contribution >= 0.6 is 15.9 Å². The highest BCUT2D eigenvalue weighted by Gasteiger charge is 2.02. The number of carboxylic acids is 1. The van der Waals surface area contributed by atoms with Gasteiger partial charge in [0, 0.05) is 16.1 Å². The first-order valence-corrected chi connectivity index (χ1v) is 6.26. The molecule has 0 aliphatic rings. The van der Waals surface area contributed by atoms with E-state index in [1.165, 1.54) is 6.08 Å². The van der Waals surface area contributed by atoms with Crippen molar-refractivity contribution in [3.05, 3.63) is 34.3 Å². The molecule has 0 aliphatic heterocycles. The summed E-state index contributed by atoms with van der Waals surface area (Å²) in [4.78, 5) is 10.5. The quantitative estimate of drug-likeness (QED) is 0.643. The minimum absolute atomic E-state index is 0.645. The highest BCUT2D eigenvalue weighted by molar-refractivity contribution is 9.10. The smallest absolute Gasteiger partial charge is 0.328 e. The van der Waals surface area contributed by atoms with E-state index in [1.54, 1.807) is 0 Å². The van der Waals surface area contributed by atoms with Crippen LogP contribution in [0.2, 0.25) is 0 Å². The highest BCUT2D eigenvalue weighted by atomic mass is 79.9. The van der Waals surface area contributed by atoms with Crippen molar-refractivity contribution in [2.45, 2.75) is 19.8 Å². The molecule has 1 aromatic carbocycles. The number of halogens is 1. The molecule has 17 heavy (non-hydrogen) atoms. The number of carbonyl (C=O) groups is 1. The molecule has 0 spiro atoms. The zero-order valence-corrected chi connectivity index (χ0v) is 11.2. The summed E-state index contributed by atoms with van der Waals surface area (Å²) in [6, 6.07) is 5.54. The van der Waals surface area contributed by atoms with Gasteiger partial charge in [-0.15, -0.1) is 0 Å². The molecule has 0 atom stereocenters. The van der Waals surface area contributed by atoms with Crippen molar-refractivity contribution in [1.82, 2.24) is 0 Å². The van der Waals surface area contributed by atoms with Gasteiger partial charge in [0.05, 0.1) is 6.61 Å². The van der Waals surface area contributed by atoms with Gasteiger partial charge in [-0.1, -0.05) is 29.3 Å². The van der Waals surface area contributed by atoms with Crippen LogP contribution < -0.4 is 4.74 Å². The number of hydrogen-bond donors (Lipinski definition) is 1. The number of ether oxygens (including phenoxy) is 1. The fraction of sp³-hybridized carbons (Fsp3) is 0.308. The number of rotatable bonds is 6. The zero-order valence-electron chi connectivity index (χ0n) is 9.65. The van der Waals surface area contributed by atoms with Crippen LogP contribution in [0, 0.1) is 0 Å². The summed E-state index contributed by atoms with van der Waals surface area (Å²) in [5.74, 6) is -0.261. The summed E-state index contributed by atoms with van der Waals surface area (Å²) >= 11 is 3.35. The van der Waals surface area contributed by atoms with Crippen LogP contribution in [0.3, 0.4) is 0 Å². The number of unbranched alkanes of at least 4 members (excludes halogenated alkanes) is 1. The van der Waals surface area contributed by atoms with Gasteiger partial charge < -0.3 is 9.84 Å². The van der Waals surface area contributed by atoms with Crippen LogP contribution in [0.15, 0.2) is 28.7 Å². The first-order valence-electron chi connectivity index (χ1n) is 5.47. The molecule has 0 aliphatic carbocycles. The molecule has 3 nitrogen and oxygen atoms in total. The fourth-order valence-electron chi connectivity index (χ4n) is 1.27. The van der Waals surface area contributed by atoms with Crippen molar-refractivity contribution in [2.75, 3.05) is 6.61 Å². The molecule has 92 valence electrons. The Morgan fingerprint density at radius 3 is 2.94 bits per heavy atom. The van der Waals surface area contributed by atoms with E-state index in [0.29, 0.717) is 12.4 Å². The number of aliphatic carboxylic acids is 1. The van der Waals surface area contributed by atoms with E-state index in [4.69, 9.17) is 9.84 Å². The summed E-state index contributed by atoms with van der Waals surface area (Å²) in [6.07, 6.45) is 4.69. The Hall–Kier alpha value is -1.29. The predicted molar refractivity (Wildman–Crippen MR) is 71.2 cm³/mol. The Balaban J connectivity index is 2.83. The second kappa shape index (κ2) is 7.12. The predicted octanol–water partition coefficient (Wildman–Crippen LogP) is 3.73. The van der Waals surface area contributed by atoms with E-state index in [0.717, 1.165) is 29.0 Å². The van der Waals surface area contributed by atoms with Crippen molar-refractivity contribution in [1.29, 1.82) is 0 Å². The molecule has 0 aromatic heterocycles. The van der Waals surface area contributed by atoms with Gasteiger partial charge in [-0.3, -0.25) is 0 Å². The SMILES string of the molecule is CCCCOc1ccc(Br)cc1/C=C/C(=O)O. The first-order chi connectivity index (χ1) is 8.13. The number of carboxylic acid groups (broad SMARTS) is 1. The molecule has 0 fully saturated rings. The van der Waals surface area contributed by atoms with E-state index in [-0.39, 0.29) is 0 Å². The molecule has 0 amide bonds. The Morgan fingerprint density at radius 1 is 1.53 bits per heavy atom. The van der Waals surface area contributed by atoms with Crippen molar-refractivity contribution in [3.63, 3.8) is 0 Å². The normalized spacial score (nSPS) is 10.7. The maximum absolute atomic E-state index is 10.5. The minimum Gasteiger partial charge on any atom is -0.493 e. The van der Waals surface area contributed by atoms with E-state index >= 15 is 0 Å². The van der Waals surface area contributed by atoms with Crippen LogP contribution in [0.5, 0.6) is 5.75 Å². The van der Waals surface area contributed by atoms with Crippen LogP contribution in [0.25, 0.3) is 6.08 Å². The van der Waals surface area contributed by atoms with E-state index in [1.807, 2.05) is 18.2 Å². The third-order valence-electron chi connectivity index (χ3n) is 2.13. The van der Waals surface area contributed by atoms with Gasteiger partial charge >= 0.3 is 5.97 Å². The molecule has 0 saturated carbocycles. The lowest BCUT2D eigenvalue weighted by Crippen LogP contribution is -1.98. The highest BCUT2D eigenvalue weighted by Crippen LogP contribution is 2.24. The maximum atomic E-state index is 10.5. The summed E-state index contributed by atoms with van der Waals surface area (Å²) < 4.78 is 6.49. The van der Waals surface area contributed by atoms with Gasteiger partial charge in [0.1, 0.15) is 5.75 Å². The molecule has 1 aromatic rings. The first kappa shape index (κ1) is 13.8. The van der Waals surface area contributed by atoms with Gasteiger partial charge in [0.15, 0.2) is 0 Å². The lowest BCUT2D eigenvalue weighted by Gasteiger charge is -2.09. The van der Waals surface area contributed by atoms with Gasteiger partial charge in [0.2, 0.25) is 0 Å². The molecule has 0 heterocycles. The molecular weight excluding hydrogens is 284 g/mol. The summed E-state index contributed by atoms with van der Waals surface area (Å²) in [5.41, 5.74) is 0.762.